The molecule has 5 heterocycles. The molecule has 3 aromatic heterocycles. The number of hydrogen-bond acceptors (Lipinski definition) is 7. The van der Waals surface area contributed by atoms with Crippen LogP contribution in [0.2, 0.25) is 0 Å². The molecule has 0 spiro atoms. The van der Waals surface area contributed by atoms with E-state index in [1.807, 2.05) is 26.0 Å². The number of carbonyl (C=O) groups is 1. The molecule has 2 fully saturated rings. The van der Waals surface area contributed by atoms with Crippen molar-refractivity contribution >= 4 is 17.2 Å². The smallest absolute Gasteiger partial charge is 0.165 e. The number of pyridine rings is 1. The molecule has 2 aliphatic rings. The Labute approximate surface area is 193 Å². The zero-order valence-corrected chi connectivity index (χ0v) is 19.5. The first-order chi connectivity index (χ1) is 15.8. The largest absolute Gasteiger partial charge is 0.384 e. The van der Waals surface area contributed by atoms with Crippen LogP contribution in [0, 0.1) is 0 Å². The minimum Gasteiger partial charge on any atom is -0.384 e. The molecule has 8 nitrogen and oxygen atoms in total. The molecule has 174 valence electrons. The molecule has 3 aromatic rings. The Bertz CT molecular complexity index is 1190. The number of carbonyl (C=O) groups excluding carboxylic acids is 1. The number of aliphatic hydroxyl groups is 1. The van der Waals surface area contributed by atoms with Crippen LogP contribution in [0.15, 0.2) is 24.5 Å². The third-order valence-electron chi connectivity index (χ3n) is 7.64. The SMILES string of the molecule is CCC(O)(CC)c1ccc(-c2cnn3c(N)c(C(C)=O)c([C@@H]4C[C@H]5CC[C@@H](C4)N5)nc23)cn1. The highest BCUT2D eigenvalue weighted by Crippen LogP contribution is 2.40. The van der Waals surface area contributed by atoms with Gasteiger partial charge in [-0.25, -0.2) is 4.98 Å². The van der Waals surface area contributed by atoms with Gasteiger partial charge in [0.1, 0.15) is 11.4 Å². The maximum absolute atomic E-state index is 12.6. The molecule has 8 heteroatoms. The number of rotatable bonds is 6. The molecule has 0 saturated carbocycles. The van der Waals surface area contributed by atoms with Crippen LogP contribution in [-0.2, 0) is 5.60 Å². The van der Waals surface area contributed by atoms with Crippen LogP contribution in [0.3, 0.4) is 0 Å². The van der Waals surface area contributed by atoms with Crippen LogP contribution in [0.4, 0.5) is 5.82 Å². The fourth-order valence-corrected chi connectivity index (χ4v) is 5.61. The Morgan fingerprint density at radius 2 is 1.91 bits per heavy atom. The molecule has 33 heavy (non-hydrogen) atoms. The Morgan fingerprint density at radius 3 is 2.48 bits per heavy atom. The lowest BCUT2D eigenvalue weighted by atomic mass is 9.86. The fraction of sp³-hybridized carbons (Fsp3) is 0.520. The van der Waals surface area contributed by atoms with Gasteiger partial charge in [-0.1, -0.05) is 19.9 Å². The summed E-state index contributed by atoms with van der Waals surface area (Å²) in [5.41, 5.74) is 9.81. The number of piperidine rings is 1. The molecule has 0 amide bonds. The normalized spacial score (nSPS) is 22.7. The van der Waals surface area contributed by atoms with Crippen molar-refractivity contribution < 1.29 is 9.90 Å². The molecule has 3 atom stereocenters. The molecule has 0 unspecified atom stereocenters. The van der Waals surface area contributed by atoms with Gasteiger partial charge in [0.15, 0.2) is 11.4 Å². The number of aromatic nitrogens is 4. The van der Waals surface area contributed by atoms with E-state index in [0.717, 1.165) is 29.7 Å². The molecule has 4 N–H and O–H groups in total. The summed E-state index contributed by atoms with van der Waals surface area (Å²) in [5, 5.41) is 18.9. The number of ketones is 1. The van der Waals surface area contributed by atoms with Gasteiger partial charge in [0, 0.05) is 35.3 Å². The minimum atomic E-state index is -0.930. The number of nitrogens with one attached hydrogen (secondary N) is 1. The summed E-state index contributed by atoms with van der Waals surface area (Å²) in [6, 6.07) is 4.76. The van der Waals surface area contributed by atoms with E-state index < -0.39 is 5.60 Å². The molecule has 0 radical (unpaired) electrons. The third-order valence-corrected chi connectivity index (χ3v) is 7.64. The first-order valence-corrected chi connectivity index (χ1v) is 12.0. The Morgan fingerprint density at radius 1 is 1.21 bits per heavy atom. The minimum absolute atomic E-state index is 0.0794. The van der Waals surface area contributed by atoms with Gasteiger partial charge in [0.05, 0.1) is 23.1 Å². The van der Waals surface area contributed by atoms with E-state index in [0.29, 0.717) is 47.6 Å². The Kier molecular flexibility index (Phi) is 5.45. The van der Waals surface area contributed by atoms with Crippen LogP contribution in [-0.4, -0.2) is 42.6 Å². The van der Waals surface area contributed by atoms with Crippen molar-refractivity contribution in [1.29, 1.82) is 0 Å². The first kappa shape index (κ1) is 22.0. The van der Waals surface area contributed by atoms with Gasteiger partial charge in [-0.15, -0.1) is 0 Å². The Balaban J connectivity index is 1.60. The van der Waals surface area contributed by atoms with E-state index >= 15 is 0 Å². The predicted octanol–water partition coefficient (Wildman–Crippen LogP) is 3.58. The maximum Gasteiger partial charge on any atom is 0.165 e. The van der Waals surface area contributed by atoms with Crippen molar-refractivity contribution in [1.82, 2.24) is 24.9 Å². The second-order valence-electron chi connectivity index (χ2n) is 9.58. The van der Waals surface area contributed by atoms with Crippen molar-refractivity contribution in [3.8, 4) is 11.1 Å². The summed E-state index contributed by atoms with van der Waals surface area (Å²) in [7, 11) is 0. The topological polar surface area (TPSA) is 118 Å². The molecule has 2 saturated heterocycles. The second-order valence-corrected chi connectivity index (χ2v) is 9.58. The number of anilines is 1. The Hall–Kier alpha value is -2.84. The standard InChI is InChI=1S/C25H32N6O2/c1-4-25(33,5-2)20-9-6-15(12-27-20)19-13-28-31-23(26)21(14(3)32)22(30-24(19)31)16-10-17-7-8-18(11-16)29-17/h6,9,12-13,16-18,29,33H,4-5,7-8,10-11,26H2,1-3H3/t16-,17-,18+. The average molecular weight is 449 g/mol. The van der Waals surface area contributed by atoms with Crippen LogP contribution in [0.5, 0.6) is 0 Å². The van der Waals surface area contributed by atoms with E-state index in [-0.39, 0.29) is 11.7 Å². The highest BCUT2D eigenvalue weighted by Gasteiger charge is 2.37. The number of hydrogen-bond donors (Lipinski definition) is 3. The number of nitrogens with two attached hydrogens (primary N) is 1. The zero-order chi connectivity index (χ0) is 23.3. The summed E-state index contributed by atoms with van der Waals surface area (Å²) in [6.45, 7) is 5.46. The summed E-state index contributed by atoms with van der Waals surface area (Å²) in [5.74, 6) is 0.460. The highest BCUT2D eigenvalue weighted by molar-refractivity contribution is 6.00. The van der Waals surface area contributed by atoms with E-state index in [4.69, 9.17) is 10.7 Å². The van der Waals surface area contributed by atoms with Crippen molar-refractivity contribution in [2.45, 2.75) is 82.9 Å². The number of nitrogen functional groups attached to an aromatic ring is 1. The zero-order valence-electron chi connectivity index (χ0n) is 19.5. The summed E-state index contributed by atoms with van der Waals surface area (Å²) >= 11 is 0. The quantitative estimate of drug-likeness (QED) is 0.493. The van der Waals surface area contributed by atoms with Crippen molar-refractivity contribution in [2.75, 3.05) is 5.73 Å². The lowest BCUT2D eigenvalue weighted by Gasteiger charge is -2.30. The lowest BCUT2D eigenvalue weighted by Crippen LogP contribution is -2.38. The average Bonchev–Trinajstić information content (AvgIpc) is 3.40. The summed E-state index contributed by atoms with van der Waals surface area (Å²) in [6.07, 6.45) is 8.95. The van der Waals surface area contributed by atoms with Crippen molar-refractivity contribution in [3.05, 3.63) is 41.5 Å². The second kappa shape index (κ2) is 8.18. The van der Waals surface area contributed by atoms with Gasteiger partial charge in [-0.2, -0.15) is 9.61 Å². The maximum atomic E-state index is 12.6. The molecule has 0 aromatic carbocycles. The van der Waals surface area contributed by atoms with E-state index in [1.54, 1.807) is 23.8 Å². The van der Waals surface area contributed by atoms with Gasteiger partial charge in [-0.3, -0.25) is 9.78 Å². The molecular formula is C25H32N6O2. The monoisotopic (exact) mass is 448 g/mol. The number of fused-ring (bicyclic) bond motifs is 3. The molecule has 5 rings (SSSR count). The molecular weight excluding hydrogens is 416 g/mol. The molecule has 2 bridgehead atoms. The highest BCUT2D eigenvalue weighted by atomic mass is 16.3. The van der Waals surface area contributed by atoms with Crippen molar-refractivity contribution in [2.24, 2.45) is 0 Å². The first-order valence-electron chi connectivity index (χ1n) is 12.0. The fourth-order valence-electron chi connectivity index (χ4n) is 5.61. The van der Waals surface area contributed by atoms with Crippen LogP contribution in [0.1, 0.15) is 87.0 Å². The third kappa shape index (κ3) is 3.61. The number of Topliss-reactive ketones (excluding diaryl/α,β-unsaturated/α-hetero) is 1. The summed E-state index contributed by atoms with van der Waals surface area (Å²) < 4.78 is 1.56. The lowest BCUT2D eigenvalue weighted by molar-refractivity contribution is 0.0240. The van der Waals surface area contributed by atoms with Gasteiger partial charge < -0.3 is 16.2 Å². The van der Waals surface area contributed by atoms with E-state index in [2.05, 4.69) is 15.4 Å². The van der Waals surface area contributed by atoms with Gasteiger partial charge >= 0.3 is 0 Å². The van der Waals surface area contributed by atoms with Gasteiger partial charge in [0.2, 0.25) is 0 Å². The van der Waals surface area contributed by atoms with Gasteiger partial charge in [-0.05, 0) is 51.5 Å². The predicted molar refractivity (Wildman–Crippen MR) is 127 cm³/mol. The van der Waals surface area contributed by atoms with E-state index in [9.17, 15) is 9.90 Å². The van der Waals surface area contributed by atoms with E-state index in [1.165, 1.54) is 12.8 Å². The van der Waals surface area contributed by atoms with Crippen LogP contribution < -0.4 is 11.1 Å². The number of nitrogens with zero attached hydrogens (tertiary/aromatic N) is 4. The van der Waals surface area contributed by atoms with Crippen LogP contribution in [0.25, 0.3) is 16.8 Å². The van der Waals surface area contributed by atoms with Gasteiger partial charge in [0.25, 0.3) is 0 Å². The molecule has 2 aliphatic heterocycles. The molecule has 0 aliphatic carbocycles. The van der Waals surface area contributed by atoms with Crippen molar-refractivity contribution in [3.63, 3.8) is 0 Å². The summed E-state index contributed by atoms with van der Waals surface area (Å²) in [4.78, 5) is 22.2. The van der Waals surface area contributed by atoms with Crippen LogP contribution >= 0.6 is 0 Å².